The Morgan fingerprint density at radius 1 is 1.21 bits per heavy atom. The van der Waals surface area contributed by atoms with Crippen molar-refractivity contribution in [3.05, 3.63) is 46.5 Å². The third kappa shape index (κ3) is 4.65. The summed E-state index contributed by atoms with van der Waals surface area (Å²) in [4.78, 5) is 27.5. The monoisotopic (exact) mass is 453 g/mol. The van der Waals surface area contributed by atoms with Crippen molar-refractivity contribution in [2.45, 2.75) is 52.0 Å². The van der Waals surface area contributed by atoms with Crippen LogP contribution in [0.2, 0.25) is 6.32 Å². The lowest BCUT2D eigenvalue weighted by Gasteiger charge is -2.42. The average molecular weight is 453 g/mol. The molecule has 0 aromatic heterocycles. The maximum atomic E-state index is 13.2. The van der Waals surface area contributed by atoms with Crippen LogP contribution in [0.3, 0.4) is 0 Å². The molecule has 2 fully saturated rings. The van der Waals surface area contributed by atoms with Crippen LogP contribution in [0.5, 0.6) is 5.75 Å². The number of hydrogen-bond acceptors (Lipinski definition) is 6. The SMILES string of the molecule is CCCN1C(=O)[C@@H]2[C@@H](CC(CO)=C3[C@@H](CC/C(C)=C/c4ccc(O)cc4)OB(O)C[C@@H]32)C1=O. The molecule has 2 aliphatic heterocycles. The number of nitrogens with zero attached hydrogens (tertiary/aromatic N) is 1. The molecule has 1 aliphatic carbocycles. The lowest BCUT2D eigenvalue weighted by Crippen LogP contribution is -2.46. The van der Waals surface area contributed by atoms with Gasteiger partial charge in [-0.25, -0.2) is 0 Å². The molecule has 2 heterocycles. The fourth-order valence-corrected chi connectivity index (χ4v) is 5.71. The van der Waals surface area contributed by atoms with Gasteiger partial charge in [0.25, 0.3) is 0 Å². The molecule has 0 saturated carbocycles. The van der Waals surface area contributed by atoms with E-state index in [2.05, 4.69) is 0 Å². The molecule has 3 aliphatic rings. The normalized spacial score (nSPS) is 27.8. The van der Waals surface area contributed by atoms with E-state index in [-0.39, 0.29) is 36.4 Å². The molecule has 3 N–H and O–H groups in total. The van der Waals surface area contributed by atoms with Crippen molar-refractivity contribution in [2.24, 2.45) is 17.8 Å². The Balaban J connectivity index is 1.56. The van der Waals surface area contributed by atoms with E-state index in [4.69, 9.17) is 4.65 Å². The first kappa shape index (κ1) is 23.7. The summed E-state index contributed by atoms with van der Waals surface area (Å²) in [6.45, 7) is 4.19. The topological polar surface area (TPSA) is 107 Å². The van der Waals surface area contributed by atoms with E-state index < -0.39 is 25.1 Å². The Morgan fingerprint density at radius 2 is 1.94 bits per heavy atom. The summed E-state index contributed by atoms with van der Waals surface area (Å²) in [7, 11) is -1.01. The highest BCUT2D eigenvalue weighted by molar-refractivity contribution is 6.43. The van der Waals surface area contributed by atoms with Gasteiger partial charge in [-0.1, -0.05) is 30.7 Å². The highest BCUT2D eigenvalue weighted by atomic mass is 16.5. The molecule has 0 unspecified atom stereocenters. The Hall–Kier alpha value is -2.42. The number of amides is 2. The second-order valence-corrected chi connectivity index (χ2v) is 9.42. The molecule has 4 atom stereocenters. The molecule has 7 nitrogen and oxygen atoms in total. The Kier molecular flexibility index (Phi) is 7.07. The molecule has 0 bridgehead atoms. The molecule has 33 heavy (non-hydrogen) atoms. The highest BCUT2D eigenvalue weighted by Crippen LogP contribution is 2.50. The summed E-state index contributed by atoms with van der Waals surface area (Å²) in [5.41, 5.74) is 3.77. The van der Waals surface area contributed by atoms with Crippen LogP contribution in [-0.4, -0.2) is 58.3 Å². The van der Waals surface area contributed by atoms with Crippen LogP contribution in [0.25, 0.3) is 6.08 Å². The molecule has 2 amide bonds. The fourth-order valence-electron chi connectivity index (χ4n) is 5.71. The number of aliphatic hydroxyl groups excluding tert-OH is 1. The van der Waals surface area contributed by atoms with Gasteiger partial charge >= 0.3 is 7.12 Å². The number of aliphatic hydroxyl groups is 1. The van der Waals surface area contributed by atoms with Crippen molar-refractivity contribution in [3.8, 4) is 5.75 Å². The summed E-state index contributed by atoms with van der Waals surface area (Å²) < 4.78 is 5.91. The zero-order valence-corrected chi connectivity index (χ0v) is 19.2. The second-order valence-electron chi connectivity index (χ2n) is 9.42. The van der Waals surface area contributed by atoms with E-state index in [1.807, 2.05) is 32.1 Å². The zero-order chi connectivity index (χ0) is 23.7. The van der Waals surface area contributed by atoms with Crippen LogP contribution in [0, 0.1) is 17.8 Å². The minimum atomic E-state index is -1.01. The Morgan fingerprint density at radius 3 is 2.61 bits per heavy atom. The zero-order valence-electron chi connectivity index (χ0n) is 19.2. The lowest BCUT2D eigenvalue weighted by atomic mass is 9.58. The number of carbonyl (C=O) groups is 2. The van der Waals surface area contributed by atoms with Gasteiger partial charge in [-0.2, -0.15) is 0 Å². The first-order chi connectivity index (χ1) is 15.8. The van der Waals surface area contributed by atoms with E-state index in [0.29, 0.717) is 32.2 Å². The lowest BCUT2D eigenvalue weighted by molar-refractivity contribution is -0.140. The number of benzene rings is 1. The van der Waals surface area contributed by atoms with Gasteiger partial charge in [-0.05, 0) is 73.7 Å². The second kappa shape index (κ2) is 9.83. The van der Waals surface area contributed by atoms with Crippen molar-refractivity contribution in [1.29, 1.82) is 0 Å². The summed E-state index contributed by atoms with van der Waals surface area (Å²) in [5.74, 6) is -1.31. The van der Waals surface area contributed by atoms with E-state index in [1.54, 1.807) is 12.1 Å². The van der Waals surface area contributed by atoms with Crippen molar-refractivity contribution in [1.82, 2.24) is 4.90 Å². The summed E-state index contributed by atoms with van der Waals surface area (Å²) in [6, 6.07) is 6.97. The van der Waals surface area contributed by atoms with Gasteiger partial charge in [-0.3, -0.25) is 14.5 Å². The van der Waals surface area contributed by atoms with Crippen LogP contribution in [-0.2, 0) is 14.2 Å². The van der Waals surface area contributed by atoms with Crippen molar-refractivity contribution in [3.63, 3.8) is 0 Å². The molecule has 1 aromatic carbocycles. The van der Waals surface area contributed by atoms with Gasteiger partial charge in [0, 0.05) is 6.54 Å². The van der Waals surface area contributed by atoms with Gasteiger partial charge in [0.2, 0.25) is 11.8 Å². The maximum absolute atomic E-state index is 13.2. The van der Waals surface area contributed by atoms with Gasteiger partial charge in [0.05, 0.1) is 24.5 Å². The highest BCUT2D eigenvalue weighted by Gasteiger charge is 2.56. The van der Waals surface area contributed by atoms with Gasteiger partial charge in [0.1, 0.15) is 5.75 Å². The molecule has 2 saturated heterocycles. The molecule has 8 heteroatoms. The maximum Gasteiger partial charge on any atom is 0.455 e. The first-order valence-electron chi connectivity index (χ1n) is 11.8. The van der Waals surface area contributed by atoms with Gasteiger partial charge in [0.15, 0.2) is 0 Å². The van der Waals surface area contributed by atoms with E-state index in [9.17, 15) is 24.8 Å². The number of likely N-dealkylation sites (tertiary alicyclic amines) is 1. The van der Waals surface area contributed by atoms with Gasteiger partial charge in [-0.15, -0.1) is 0 Å². The first-order valence-corrected chi connectivity index (χ1v) is 11.8. The molecule has 176 valence electrons. The predicted octanol–water partition coefficient (Wildman–Crippen LogP) is 2.78. The van der Waals surface area contributed by atoms with Crippen molar-refractivity contribution in [2.75, 3.05) is 13.2 Å². The van der Waals surface area contributed by atoms with Crippen LogP contribution < -0.4 is 0 Å². The van der Waals surface area contributed by atoms with Crippen LogP contribution in [0.4, 0.5) is 0 Å². The average Bonchev–Trinajstić information content (AvgIpc) is 3.03. The van der Waals surface area contributed by atoms with Crippen LogP contribution in [0.1, 0.15) is 45.1 Å². The largest absolute Gasteiger partial charge is 0.508 e. The van der Waals surface area contributed by atoms with Crippen molar-refractivity contribution >= 4 is 25.0 Å². The van der Waals surface area contributed by atoms with E-state index >= 15 is 0 Å². The van der Waals surface area contributed by atoms with Crippen LogP contribution in [0.15, 0.2) is 41.0 Å². The number of phenolic OH excluding ortho intramolecular Hbond substituents is 1. The molecule has 1 aromatic rings. The molecule has 0 spiro atoms. The Labute approximate surface area is 194 Å². The third-order valence-electron chi connectivity index (χ3n) is 7.14. The van der Waals surface area contributed by atoms with Gasteiger partial charge < -0.3 is 19.9 Å². The Bertz CT molecular complexity index is 972. The molecular formula is C25H32BNO6. The number of carbonyl (C=O) groups excluding carboxylic acids is 2. The summed E-state index contributed by atoms with van der Waals surface area (Å²) >= 11 is 0. The third-order valence-corrected chi connectivity index (χ3v) is 7.14. The summed E-state index contributed by atoms with van der Waals surface area (Å²) in [5, 5.41) is 30.1. The number of hydrogen-bond donors (Lipinski definition) is 3. The van der Waals surface area contributed by atoms with Crippen LogP contribution >= 0.6 is 0 Å². The number of allylic oxidation sites excluding steroid dienone is 1. The summed E-state index contributed by atoms with van der Waals surface area (Å²) in [6.07, 6.45) is 4.27. The number of fused-ring (bicyclic) bond motifs is 3. The predicted molar refractivity (Wildman–Crippen MR) is 125 cm³/mol. The standard InChI is InChI=1S/C25H32BNO6/c1-3-10-27-24(30)19-12-17(14-28)22-20(23(19)25(27)31)13-26(32)33-21(22)9-4-15(2)11-16-5-7-18(29)8-6-16/h5-8,11,19-21,23,28-29,32H,3-4,9-10,12-14H2,1-2H3/b15-11+/t19-,20+,21-,23-/m1/s1. The van der Waals surface area contributed by atoms with Crippen molar-refractivity contribution < 1.29 is 29.5 Å². The number of imide groups is 1. The van der Waals surface area contributed by atoms with E-state index in [0.717, 1.165) is 22.3 Å². The minimum Gasteiger partial charge on any atom is -0.508 e. The molecule has 4 rings (SSSR count). The minimum absolute atomic E-state index is 0.150. The quantitative estimate of drug-likeness (QED) is 0.333. The number of phenols is 1. The number of aromatic hydroxyl groups is 1. The smallest absolute Gasteiger partial charge is 0.455 e. The van der Waals surface area contributed by atoms with E-state index in [1.165, 1.54) is 4.90 Å². The number of rotatable bonds is 7. The molecule has 0 radical (unpaired) electrons. The fraction of sp³-hybridized carbons (Fsp3) is 0.520. The molecular weight excluding hydrogens is 421 g/mol.